The molecule has 1 saturated heterocycles. The number of aryl methyl sites for hydroxylation is 2. The van der Waals surface area contributed by atoms with Crippen molar-refractivity contribution in [2.45, 2.75) is 32.7 Å². The Kier molecular flexibility index (Phi) is 6.70. The van der Waals surface area contributed by atoms with Crippen molar-refractivity contribution >= 4 is 22.5 Å². The van der Waals surface area contributed by atoms with Gasteiger partial charge >= 0.3 is 0 Å². The van der Waals surface area contributed by atoms with Gasteiger partial charge in [0.1, 0.15) is 5.82 Å². The number of ether oxygens (including phenoxy) is 1. The van der Waals surface area contributed by atoms with Crippen LogP contribution in [0.25, 0.3) is 11.1 Å². The number of rotatable bonds is 7. The molecular weight excluding hydrogens is 422 g/mol. The highest BCUT2D eigenvalue weighted by Gasteiger charge is 2.24. The van der Waals surface area contributed by atoms with Crippen LogP contribution >= 0.6 is 0 Å². The maximum absolute atomic E-state index is 5.24. The SMILES string of the molecule is COCCN1CCC(Nc2ccc3c(c2)C(=C(c2ccc(C)cc2)c2ncc(C)[nH]2)CN3)CC1. The number of hydrogen-bond donors (Lipinski definition) is 3. The van der Waals surface area contributed by atoms with E-state index in [1.807, 2.05) is 6.20 Å². The predicted octanol–water partition coefficient (Wildman–Crippen LogP) is 4.93. The number of aromatic amines is 1. The molecule has 6 heteroatoms. The van der Waals surface area contributed by atoms with Crippen molar-refractivity contribution in [2.75, 3.05) is 50.5 Å². The van der Waals surface area contributed by atoms with E-state index in [9.17, 15) is 0 Å². The van der Waals surface area contributed by atoms with Gasteiger partial charge in [-0.2, -0.15) is 0 Å². The Hall–Kier alpha value is -3.09. The molecule has 6 nitrogen and oxygen atoms in total. The van der Waals surface area contributed by atoms with Gasteiger partial charge < -0.3 is 25.3 Å². The number of nitrogens with zero attached hydrogens (tertiary/aromatic N) is 2. The van der Waals surface area contributed by atoms with Gasteiger partial charge in [0.05, 0.1) is 6.61 Å². The van der Waals surface area contributed by atoms with Gasteiger partial charge in [-0.15, -0.1) is 0 Å². The molecule has 2 aliphatic heterocycles. The van der Waals surface area contributed by atoms with Crippen molar-refractivity contribution < 1.29 is 4.74 Å². The third-order valence-electron chi connectivity index (χ3n) is 6.95. The Bertz CT molecular complexity index is 1160. The lowest BCUT2D eigenvalue weighted by Gasteiger charge is -2.32. The van der Waals surface area contributed by atoms with E-state index in [0.29, 0.717) is 6.04 Å². The summed E-state index contributed by atoms with van der Waals surface area (Å²) >= 11 is 0. The van der Waals surface area contributed by atoms with Crippen LogP contribution in [-0.2, 0) is 4.74 Å². The summed E-state index contributed by atoms with van der Waals surface area (Å²) < 4.78 is 5.24. The first kappa shape index (κ1) is 22.7. The summed E-state index contributed by atoms with van der Waals surface area (Å²) in [5.41, 5.74) is 9.59. The lowest BCUT2D eigenvalue weighted by Crippen LogP contribution is -2.40. The summed E-state index contributed by atoms with van der Waals surface area (Å²) in [6.45, 7) is 9.04. The largest absolute Gasteiger partial charge is 0.383 e. The highest BCUT2D eigenvalue weighted by atomic mass is 16.5. The highest BCUT2D eigenvalue weighted by Crippen LogP contribution is 2.40. The Morgan fingerprint density at radius 1 is 1.12 bits per heavy atom. The first-order chi connectivity index (χ1) is 16.6. The predicted molar refractivity (Wildman–Crippen MR) is 140 cm³/mol. The fourth-order valence-corrected chi connectivity index (χ4v) is 5.01. The van der Waals surface area contributed by atoms with Gasteiger partial charge in [-0.05, 0) is 56.0 Å². The number of hydrogen-bond acceptors (Lipinski definition) is 5. The van der Waals surface area contributed by atoms with Gasteiger partial charge in [0.2, 0.25) is 0 Å². The second-order valence-electron chi connectivity index (χ2n) is 9.50. The first-order valence-electron chi connectivity index (χ1n) is 12.3. The normalized spacial score (nSPS) is 18.0. The molecule has 2 aromatic carbocycles. The Morgan fingerprint density at radius 3 is 2.62 bits per heavy atom. The maximum atomic E-state index is 5.24. The van der Waals surface area contributed by atoms with E-state index in [2.05, 4.69) is 76.8 Å². The summed E-state index contributed by atoms with van der Waals surface area (Å²) in [7, 11) is 1.77. The summed E-state index contributed by atoms with van der Waals surface area (Å²) in [4.78, 5) is 10.7. The van der Waals surface area contributed by atoms with Crippen LogP contribution in [0, 0.1) is 13.8 Å². The molecule has 0 atom stereocenters. The van der Waals surface area contributed by atoms with E-state index in [0.717, 1.165) is 57.1 Å². The number of H-pyrrole nitrogens is 1. The van der Waals surface area contributed by atoms with Crippen molar-refractivity contribution in [3.63, 3.8) is 0 Å². The van der Waals surface area contributed by atoms with E-state index in [-0.39, 0.29) is 0 Å². The molecule has 0 saturated carbocycles. The number of methoxy groups -OCH3 is 1. The monoisotopic (exact) mass is 457 g/mol. The topological polar surface area (TPSA) is 65.2 Å². The number of imidazole rings is 1. The number of aromatic nitrogens is 2. The van der Waals surface area contributed by atoms with E-state index >= 15 is 0 Å². The molecule has 1 fully saturated rings. The van der Waals surface area contributed by atoms with E-state index in [1.54, 1.807) is 7.11 Å². The third kappa shape index (κ3) is 4.88. The minimum absolute atomic E-state index is 0.503. The van der Waals surface area contributed by atoms with Crippen LogP contribution in [0.4, 0.5) is 11.4 Å². The van der Waals surface area contributed by atoms with E-state index in [4.69, 9.17) is 9.72 Å². The lowest BCUT2D eigenvalue weighted by atomic mass is 9.94. The third-order valence-corrected chi connectivity index (χ3v) is 6.95. The quantitative estimate of drug-likeness (QED) is 0.469. The number of anilines is 2. The van der Waals surface area contributed by atoms with Crippen molar-refractivity contribution in [3.8, 4) is 0 Å². The van der Waals surface area contributed by atoms with Gasteiger partial charge in [0.15, 0.2) is 0 Å². The maximum Gasteiger partial charge on any atom is 0.138 e. The summed E-state index contributed by atoms with van der Waals surface area (Å²) in [6, 6.07) is 16.0. The number of piperidine rings is 1. The lowest BCUT2D eigenvalue weighted by molar-refractivity contribution is 0.132. The van der Waals surface area contributed by atoms with Crippen LogP contribution in [0.1, 0.15) is 41.1 Å². The Labute approximate surface area is 202 Å². The highest BCUT2D eigenvalue weighted by molar-refractivity contribution is 6.03. The molecule has 0 unspecified atom stereocenters. The van der Waals surface area contributed by atoms with Crippen LogP contribution in [0.2, 0.25) is 0 Å². The Balaban J connectivity index is 1.43. The molecule has 0 amide bonds. The molecule has 3 heterocycles. The minimum atomic E-state index is 0.503. The molecule has 178 valence electrons. The summed E-state index contributed by atoms with van der Waals surface area (Å²) in [6.07, 6.45) is 4.22. The Morgan fingerprint density at radius 2 is 1.91 bits per heavy atom. The van der Waals surface area contributed by atoms with Crippen LogP contribution in [-0.4, -0.2) is 60.8 Å². The number of nitrogens with one attached hydrogen (secondary N) is 3. The van der Waals surface area contributed by atoms with Gasteiger partial charge in [-0.3, -0.25) is 0 Å². The van der Waals surface area contributed by atoms with Crippen molar-refractivity contribution in [1.82, 2.24) is 14.9 Å². The molecule has 3 aromatic rings. The molecule has 5 rings (SSSR count). The molecule has 0 radical (unpaired) electrons. The number of fused-ring (bicyclic) bond motifs is 1. The van der Waals surface area contributed by atoms with Gasteiger partial charge in [-0.25, -0.2) is 4.98 Å². The average Bonchev–Trinajstić information content (AvgIpc) is 3.46. The second-order valence-corrected chi connectivity index (χ2v) is 9.50. The van der Waals surface area contributed by atoms with Gasteiger partial charge in [0.25, 0.3) is 0 Å². The smallest absolute Gasteiger partial charge is 0.138 e. The molecule has 0 spiro atoms. The van der Waals surface area contributed by atoms with Gasteiger partial charge in [-0.1, -0.05) is 29.8 Å². The van der Waals surface area contributed by atoms with Crippen LogP contribution < -0.4 is 10.6 Å². The van der Waals surface area contributed by atoms with E-state index in [1.165, 1.54) is 39.2 Å². The number of likely N-dealkylation sites (tertiary alicyclic amines) is 1. The molecule has 0 bridgehead atoms. The van der Waals surface area contributed by atoms with E-state index < -0.39 is 0 Å². The van der Waals surface area contributed by atoms with Crippen LogP contribution in [0.15, 0.2) is 48.7 Å². The fraction of sp³-hybridized carbons (Fsp3) is 0.393. The first-order valence-corrected chi connectivity index (χ1v) is 12.3. The molecule has 2 aliphatic rings. The fourth-order valence-electron chi connectivity index (χ4n) is 5.01. The van der Waals surface area contributed by atoms with Crippen molar-refractivity contribution in [2.24, 2.45) is 0 Å². The van der Waals surface area contributed by atoms with Gasteiger partial charge in [0, 0.05) is 73.7 Å². The number of benzene rings is 2. The van der Waals surface area contributed by atoms with Crippen molar-refractivity contribution in [3.05, 3.63) is 76.9 Å². The van der Waals surface area contributed by atoms with Crippen LogP contribution in [0.3, 0.4) is 0 Å². The molecule has 3 N–H and O–H groups in total. The average molecular weight is 458 g/mol. The zero-order valence-electron chi connectivity index (χ0n) is 20.4. The molecule has 34 heavy (non-hydrogen) atoms. The standard InChI is InChI=1S/C28H35N5O/c1-19-4-6-21(7-5-19)27(28-30-17-20(2)31-28)25-18-29-26-9-8-23(16-24(25)26)32-22-10-12-33(13-11-22)14-15-34-3/h4-9,16-17,22,29,32H,10-15,18H2,1-3H3,(H,30,31). The van der Waals surface area contributed by atoms with Crippen molar-refractivity contribution in [1.29, 1.82) is 0 Å². The zero-order chi connectivity index (χ0) is 23.5. The summed E-state index contributed by atoms with van der Waals surface area (Å²) in [5.74, 6) is 0.924. The molecule has 1 aromatic heterocycles. The summed E-state index contributed by atoms with van der Waals surface area (Å²) in [5, 5.41) is 7.40. The molecule has 0 aliphatic carbocycles. The van der Waals surface area contributed by atoms with Crippen LogP contribution in [0.5, 0.6) is 0 Å². The molecular formula is C28H35N5O. The second kappa shape index (κ2) is 10.0. The zero-order valence-corrected chi connectivity index (χ0v) is 20.4. The minimum Gasteiger partial charge on any atom is -0.383 e.